The van der Waals surface area contributed by atoms with Gasteiger partial charge in [-0.3, -0.25) is 15.1 Å². The fraction of sp³-hybridized carbons (Fsp3) is 0.148. The van der Waals surface area contributed by atoms with Gasteiger partial charge < -0.3 is 14.0 Å². The molecule has 0 saturated carbocycles. The minimum atomic E-state index is -0.416. The molecule has 3 heterocycles. The van der Waals surface area contributed by atoms with Crippen molar-refractivity contribution in [2.45, 2.75) is 13.8 Å². The third-order valence-corrected chi connectivity index (χ3v) is 6.91. The lowest BCUT2D eigenvalue weighted by molar-refractivity contribution is -0.114. The lowest BCUT2D eigenvalue weighted by atomic mass is 10.1. The summed E-state index contributed by atoms with van der Waals surface area (Å²) in [5.41, 5.74) is 5.58. The van der Waals surface area contributed by atoms with Crippen molar-refractivity contribution < 1.29 is 14.3 Å². The number of aryl methyl sites for hydroxylation is 1. The van der Waals surface area contributed by atoms with Gasteiger partial charge in [-0.25, -0.2) is 0 Å². The first-order valence-electron chi connectivity index (χ1n) is 11.0. The van der Waals surface area contributed by atoms with E-state index in [4.69, 9.17) is 14.9 Å². The second-order valence-corrected chi connectivity index (χ2v) is 8.96. The first kappa shape index (κ1) is 22.7. The maximum Gasteiger partial charge on any atom is 0.283 e. The number of aromatic nitrogens is 1. The van der Waals surface area contributed by atoms with Crippen LogP contribution in [0.2, 0.25) is 0 Å². The fourth-order valence-electron chi connectivity index (χ4n) is 4.35. The monoisotopic (exact) mass is 484 g/mol. The van der Waals surface area contributed by atoms with E-state index < -0.39 is 5.91 Å². The summed E-state index contributed by atoms with van der Waals surface area (Å²) in [6.07, 6.45) is 1.75. The first-order chi connectivity index (χ1) is 16.9. The number of hydrogen-bond donors (Lipinski definition) is 1. The fourth-order valence-corrected chi connectivity index (χ4v) is 5.24. The molecule has 1 amide bonds. The van der Waals surface area contributed by atoms with Crippen molar-refractivity contribution in [3.8, 4) is 17.2 Å². The number of carbonyl (C=O) groups excluding carboxylic acids is 1. The van der Waals surface area contributed by atoms with Crippen molar-refractivity contribution in [2.75, 3.05) is 14.2 Å². The number of benzene rings is 2. The normalized spacial score (nSPS) is 16.3. The zero-order valence-electron chi connectivity index (χ0n) is 19.8. The van der Waals surface area contributed by atoms with Gasteiger partial charge in [0, 0.05) is 22.9 Å². The number of ether oxygens (including phenoxy) is 2. The van der Waals surface area contributed by atoms with Gasteiger partial charge in [-0.1, -0.05) is 42.1 Å². The van der Waals surface area contributed by atoms with Crippen LogP contribution in [-0.4, -0.2) is 40.6 Å². The summed E-state index contributed by atoms with van der Waals surface area (Å²) >= 11 is 1.35. The highest BCUT2D eigenvalue weighted by Crippen LogP contribution is 2.38. The molecule has 35 heavy (non-hydrogen) atoms. The number of nitrogens with zero attached hydrogens (tertiary/aromatic N) is 3. The molecule has 7 nitrogen and oxygen atoms in total. The number of rotatable bonds is 5. The predicted octanol–water partition coefficient (Wildman–Crippen LogP) is 5.42. The van der Waals surface area contributed by atoms with E-state index >= 15 is 0 Å². The summed E-state index contributed by atoms with van der Waals surface area (Å²) in [4.78, 5) is 19.0. The summed E-state index contributed by atoms with van der Waals surface area (Å²) in [7, 11) is 3.26. The Morgan fingerprint density at radius 3 is 2.51 bits per heavy atom. The molecule has 0 bridgehead atoms. The van der Waals surface area contributed by atoms with Gasteiger partial charge in [0.2, 0.25) is 0 Å². The van der Waals surface area contributed by atoms with Crippen LogP contribution in [-0.2, 0) is 4.79 Å². The number of methoxy groups -OCH3 is 2. The summed E-state index contributed by atoms with van der Waals surface area (Å²) < 4.78 is 13.1. The van der Waals surface area contributed by atoms with E-state index in [1.807, 2.05) is 73.9 Å². The molecule has 0 spiro atoms. The predicted molar refractivity (Wildman–Crippen MR) is 140 cm³/mol. The molecule has 2 aromatic carbocycles. The van der Waals surface area contributed by atoms with Gasteiger partial charge in [-0.15, -0.1) is 0 Å². The van der Waals surface area contributed by atoms with Crippen LogP contribution in [0.5, 0.6) is 11.5 Å². The highest BCUT2D eigenvalue weighted by atomic mass is 32.2. The van der Waals surface area contributed by atoms with Crippen LogP contribution in [0.25, 0.3) is 17.5 Å². The molecule has 0 atom stereocenters. The number of carbonyl (C=O) groups is 1. The molecule has 2 aliphatic rings. The summed E-state index contributed by atoms with van der Waals surface area (Å²) in [5, 5.41) is 11.3. The minimum Gasteiger partial charge on any atom is -0.497 e. The van der Waals surface area contributed by atoms with Crippen molar-refractivity contribution >= 4 is 40.4 Å². The van der Waals surface area contributed by atoms with Gasteiger partial charge in [0.25, 0.3) is 5.91 Å². The molecule has 0 saturated heterocycles. The molecule has 1 N–H and O–H groups in total. The topological polar surface area (TPSA) is 79.9 Å². The highest BCUT2D eigenvalue weighted by Gasteiger charge is 2.36. The average molecular weight is 485 g/mol. The Morgan fingerprint density at radius 1 is 1.03 bits per heavy atom. The Morgan fingerprint density at radius 2 is 1.80 bits per heavy atom. The Kier molecular flexibility index (Phi) is 5.82. The summed E-state index contributed by atoms with van der Waals surface area (Å²) in [5.74, 6) is 1.12. The zero-order valence-corrected chi connectivity index (χ0v) is 20.6. The van der Waals surface area contributed by atoms with Crippen LogP contribution in [0.15, 0.2) is 70.6 Å². The van der Waals surface area contributed by atoms with Gasteiger partial charge in [-0.05, 0) is 49.2 Å². The smallest absolute Gasteiger partial charge is 0.283 e. The third-order valence-electron chi connectivity index (χ3n) is 6.08. The van der Waals surface area contributed by atoms with Gasteiger partial charge in [0.05, 0.1) is 31.2 Å². The molecule has 1 aromatic heterocycles. The van der Waals surface area contributed by atoms with E-state index in [9.17, 15) is 4.79 Å². The van der Waals surface area contributed by atoms with Crippen LogP contribution < -0.4 is 9.47 Å². The molecular formula is C27H24N4O3S. The molecule has 176 valence electrons. The number of amidine groups is 2. The molecule has 0 aliphatic carbocycles. The van der Waals surface area contributed by atoms with Crippen molar-refractivity contribution in [1.82, 2.24) is 9.47 Å². The number of nitrogens with one attached hydrogen (secondary N) is 1. The zero-order chi connectivity index (χ0) is 24.7. The Bertz CT molecular complexity index is 1450. The summed E-state index contributed by atoms with van der Waals surface area (Å²) in [6.45, 7) is 3.97. The molecule has 0 unspecified atom stereocenters. The van der Waals surface area contributed by atoms with Crippen LogP contribution >= 0.6 is 11.8 Å². The van der Waals surface area contributed by atoms with E-state index in [1.54, 1.807) is 25.2 Å². The van der Waals surface area contributed by atoms with E-state index in [0.717, 1.165) is 33.9 Å². The second kappa shape index (κ2) is 8.96. The van der Waals surface area contributed by atoms with Gasteiger partial charge >= 0.3 is 0 Å². The Hall–Kier alpha value is -4.04. The van der Waals surface area contributed by atoms with E-state index in [2.05, 4.69) is 9.56 Å². The standard InChI is InChI=1S/C27H24N4O3S/c1-16-12-19(17(2)30(16)22-14-20(33-3)10-11-24(22)34-4)13-21-25(28)31-23(18-8-6-5-7-9-18)15-35-27(31)29-26(21)32/h5-15,28H,1-4H3/b21-13-,28-25?. The van der Waals surface area contributed by atoms with E-state index in [1.165, 1.54) is 11.8 Å². The number of amides is 1. The number of aliphatic imine (C=N–C) groups is 1. The molecule has 0 fully saturated rings. The van der Waals surface area contributed by atoms with Crippen LogP contribution in [0.3, 0.4) is 0 Å². The second-order valence-electron chi connectivity index (χ2n) is 8.13. The maximum atomic E-state index is 12.9. The number of fused-ring (bicyclic) bond motifs is 1. The van der Waals surface area contributed by atoms with E-state index in [-0.39, 0.29) is 11.4 Å². The lowest BCUT2D eigenvalue weighted by Gasteiger charge is -2.26. The lowest BCUT2D eigenvalue weighted by Crippen LogP contribution is -2.38. The van der Waals surface area contributed by atoms with Gasteiger partial charge in [0.1, 0.15) is 17.3 Å². The largest absolute Gasteiger partial charge is 0.497 e. The quantitative estimate of drug-likeness (QED) is 0.490. The van der Waals surface area contributed by atoms with Gasteiger partial charge in [0.15, 0.2) is 5.17 Å². The molecule has 2 aliphatic heterocycles. The first-order valence-corrected chi connectivity index (χ1v) is 11.9. The van der Waals surface area contributed by atoms with Crippen molar-refractivity contribution in [2.24, 2.45) is 4.99 Å². The summed E-state index contributed by atoms with van der Waals surface area (Å²) in [6, 6.07) is 17.4. The Labute approximate surface area is 207 Å². The SMILES string of the molecule is COc1ccc(OC)c(-n2c(C)cc(/C=C3/C(=N)N4C(c5ccccc5)=CSC4=NC3=O)c2C)c1. The van der Waals surface area contributed by atoms with Crippen LogP contribution in [0, 0.1) is 19.3 Å². The van der Waals surface area contributed by atoms with Crippen LogP contribution in [0.4, 0.5) is 0 Å². The average Bonchev–Trinajstić information content (AvgIpc) is 3.41. The molecule has 0 radical (unpaired) electrons. The molecular weight excluding hydrogens is 460 g/mol. The van der Waals surface area contributed by atoms with Crippen molar-refractivity contribution in [3.63, 3.8) is 0 Å². The minimum absolute atomic E-state index is 0.115. The van der Waals surface area contributed by atoms with Gasteiger partial charge in [-0.2, -0.15) is 4.99 Å². The third kappa shape index (κ3) is 3.85. The molecule has 3 aromatic rings. The van der Waals surface area contributed by atoms with Crippen LogP contribution in [0.1, 0.15) is 22.5 Å². The molecule has 5 rings (SSSR count). The maximum absolute atomic E-state index is 12.9. The van der Waals surface area contributed by atoms with Crippen molar-refractivity contribution in [3.05, 3.63) is 88.1 Å². The number of hydrogen-bond acceptors (Lipinski definition) is 5. The highest BCUT2D eigenvalue weighted by molar-refractivity contribution is 8.17. The Balaban J connectivity index is 1.57. The number of thioether (sulfide) groups is 1. The molecule has 8 heteroatoms. The van der Waals surface area contributed by atoms with E-state index in [0.29, 0.717) is 16.7 Å². The van der Waals surface area contributed by atoms with Crippen molar-refractivity contribution in [1.29, 1.82) is 5.41 Å².